The van der Waals surface area contributed by atoms with Crippen molar-refractivity contribution in [2.75, 3.05) is 0 Å². The first kappa shape index (κ1) is 17.8. The molecule has 2 N–H and O–H groups in total. The third-order valence-corrected chi connectivity index (χ3v) is 4.71. The molecule has 0 saturated heterocycles. The van der Waals surface area contributed by atoms with Crippen LogP contribution in [0.2, 0.25) is 0 Å². The minimum Gasteiger partial charge on any atom is -0.478 e. The number of hydrogen-bond acceptors (Lipinski definition) is 5. The number of nitrogens with one attached hydrogen (secondary N) is 1. The smallest absolute Gasteiger partial charge is 0.336 e. The van der Waals surface area contributed by atoms with E-state index in [1.165, 1.54) is 24.3 Å². The Morgan fingerprint density at radius 1 is 1.11 bits per heavy atom. The zero-order valence-electron chi connectivity index (χ0n) is 14.1. The second-order valence-electron chi connectivity index (χ2n) is 5.98. The molecule has 4 rings (SSSR count). The first-order valence-corrected chi connectivity index (χ1v) is 8.86. The van der Waals surface area contributed by atoms with Gasteiger partial charge in [-0.1, -0.05) is 40.2 Å². The Balaban J connectivity index is 1.95. The van der Waals surface area contributed by atoms with Crippen molar-refractivity contribution in [3.8, 4) is 22.5 Å². The summed E-state index contributed by atoms with van der Waals surface area (Å²) in [5, 5.41) is 28.0. The van der Waals surface area contributed by atoms with Crippen LogP contribution in [0.25, 0.3) is 33.5 Å². The lowest BCUT2D eigenvalue weighted by Crippen LogP contribution is -2.00. The van der Waals surface area contributed by atoms with Crippen molar-refractivity contribution in [1.29, 1.82) is 0 Å². The number of rotatable bonds is 4. The van der Waals surface area contributed by atoms with Crippen LogP contribution in [-0.2, 0) is 0 Å². The summed E-state index contributed by atoms with van der Waals surface area (Å²) in [5.41, 5.74) is 2.14. The summed E-state index contributed by atoms with van der Waals surface area (Å²) in [4.78, 5) is 27.0. The number of halogens is 1. The molecule has 0 bridgehead atoms. The average Bonchev–Trinajstić information content (AvgIpc) is 3.11. The minimum atomic E-state index is -1.14. The van der Waals surface area contributed by atoms with Gasteiger partial charge in [0.25, 0.3) is 5.69 Å². The van der Waals surface area contributed by atoms with Crippen molar-refractivity contribution in [3.05, 3.63) is 74.7 Å². The predicted octanol–water partition coefficient (Wildman–Crippen LogP) is 4.66. The van der Waals surface area contributed by atoms with Gasteiger partial charge in [0.05, 0.1) is 27.3 Å². The number of fused-ring (bicyclic) bond motifs is 1. The van der Waals surface area contributed by atoms with Gasteiger partial charge in [0, 0.05) is 27.7 Å². The summed E-state index contributed by atoms with van der Waals surface area (Å²) in [5.74, 6) is -1.14. The standard InChI is InChI=1S/C19H11BrN4O4/c20-12-5-1-3-10(7-12)15-9-14(19(25)26)16-17(22-23-18(16)21-15)11-4-2-6-13(8-11)24(27)28/h1-9H,(H,25,26)(H,21,22,23). The summed E-state index contributed by atoms with van der Waals surface area (Å²) >= 11 is 3.39. The number of nitrogens with zero attached hydrogens (tertiary/aromatic N) is 3. The zero-order valence-corrected chi connectivity index (χ0v) is 15.7. The molecule has 2 aromatic carbocycles. The molecular weight excluding hydrogens is 428 g/mol. The van der Waals surface area contributed by atoms with E-state index in [0.29, 0.717) is 22.3 Å². The molecule has 0 aliphatic heterocycles. The van der Waals surface area contributed by atoms with Gasteiger partial charge in [0.1, 0.15) is 0 Å². The molecule has 0 unspecified atom stereocenters. The molecule has 0 radical (unpaired) electrons. The molecule has 0 aliphatic rings. The van der Waals surface area contributed by atoms with Crippen LogP contribution in [0.5, 0.6) is 0 Å². The minimum absolute atomic E-state index is 0.00947. The van der Waals surface area contributed by atoms with E-state index in [9.17, 15) is 20.0 Å². The SMILES string of the molecule is O=C(O)c1cc(-c2cccc(Br)c2)nc2n[nH]c(-c3cccc([N+](=O)[O-])c3)c12. The van der Waals surface area contributed by atoms with Crippen LogP contribution < -0.4 is 0 Å². The van der Waals surface area contributed by atoms with E-state index < -0.39 is 10.9 Å². The van der Waals surface area contributed by atoms with Gasteiger partial charge in [-0.2, -0.15) is 5.10 Å². The van der Waals surface area contributed by atoms with Crippen molar-refractivity contribution < 1.29 is 14.8 Å². The fraction of sp³-hybridized carbons (Fsp3) is 0. The lowest BCUT2D eigenvalue weighted by molar-refractivity contribution is -0.384. The molecule has 0 atom stereocenters. The Kier molecular flexibility index (Phi) is 4.36. The summed E-state index contributed by atoms with van der Waals surface area (Å²) in [6.45, 7) is 0. The Morgan fingerprint density at radius 2 is 1.86 bits per heavy atom. The quantitative estimate of drug-likeness (QED) is 0.352. The number of benzene rings is 2. The molecule has 0 aliphatic carbocycles. The second-order valence-corrected chi connectivity index (χ2v) is 6.89. The monoisotopic (exact) mass is 438 g/mol. The number of nitro benzene ring substituents is 1. The second kappa shape index (κ2) is 6.86. The molecule has 138 valence electrons. The third-order valence-electron chi connectivity index (χ3n) is 4.22. The van der Waals surface area contributed by atoms with Crippen molar-refractivity contribution in [2.24, 2.45) is 0 Å². The fourth-order valence-corrected chi connectivity index (χ4v) is 3.37. The van der Waals surface area contributed by atoms with Gasteiger partial charge in [-0.05, 0) is 18.2 Å². The van der Waals surface area contributed by atoms with Crippen LogP contribution in [0, 0.1) is 10.1 Å². The van der Waals surface area contributed by atoms with E-state index >= 15 is 0 Å². The Hall–Kier alpha value is -3.59. The van der Waals surface area contributed by atoms with Gasteiger partial charge in [0.15, 0.2) is 5.65 Å². The van der Waals surface area contributed by atoms with Crippen LogP contribution in [0.4, 0.5) is 5.69 Å². The molecule has 8 nitrogen and oxygen atoms in total. The summed E-state index contributed by atoms with van der Waals surface area (Å²) in [6, 6.07) is 14.7. The molecule has 9 heteroatoms. The first-order valence-electron chi connectivity index (χ1n) is 8.07. The maximum Gasteiger partial charge on any atom is 0.336 e. The van der Waals surface area contributed by atoms with Gasteiger partial charge in [-0.25, -0.2) is 9.78 Å². The molecule has 0 amide bonds. The highest BCUT2D eigenvalue weighted by molar-refractivity contribution is 9.10. The van der Waals surface area contributed by atoms with Crippen molar-refractivity contribution in [3.63, 3.8) is 0 Å². The molecule has 4 aromatic rings. The zero-order chi connectivity index (χ0) is 19.8. The van der Waals surface area contributed by atoms with Gasteiger partial charge >= 0.3 is 5.97 Å². The molecule has 28 heavy (non-hydrogen) atoms. The van der Waals surface area contributed by atoms with E-state index in [-0.39, 0.29) is 16.9 Å². The number of aromatic nitrogens is 3. The summed E-state index contributed by atoms with van der Waals surface area (Å²) in [6.07, 6.45) is 0. The van der Waals surface area contributed by atoms with Crippen LogP contribution in [0.3, 0.4) is 0 Å². The van der Waals surface area contributed by atoms with Crippen LogP contribution >= 0.6 is 15.9 Å². The lowest BCUT2D eigenvalue weighted by Gasteiger charge is -2.06. The molecule has 0 saturated carbocycles. The van der Waals surface area contributed by atoms with Crippen LogP contribution in [-0.4, -0.2) is 31.2 Å². The number of hydrogen-bond donors (Lipinski definition) is 2. The number of pyridine rings is 1. The predicted molar refractivity (Wildman–Crippen MR) is 106 cm³/mol. The van der Waals surface area contributed by atoms with E-state index in [1.807, 2.05) is 24.3 Å². The van der Waals surface area contributed by atoms with E-state index in [0.717, 1.165) is 10.0 Å². The van der Waals surface area contributed by atoms with E-state index in [4.69, 9.17) is 0 Å². The topological polar surface area (TPSA) is 122 Å². The highest BCUT2D eigenvalue weighted by Gasteiger charge is 2.20. The Morgan fingerprint density at radius 3 is 2.57 bits per heavy atom. The largest absolute Gasteiger partial charge is 0.478 e. The van der Waals surface area contributed by atoms with E-state index in [1.54, 1.807) is 6.07 Å². The number of aromatic amines is 1. The number of nitro groups is 1. The van der Waals surface area contributed by atoms with Gasteiger partial charge in [0.2, 0.25) is 0 Å². The molecule has 2 aromatic heterocycles. The van der Waals surface area contributed by atoms with Gasteiger partial charge in [-0.15, -0.1) is 0 Å². The molecule has 2 heterocycles. The number of aromatic carboxylic acids is 1. The molecule has 0 spiro atoms. The maximum absolute atomic E-state index is 11.9. The Bertz CT molecular complexity index is 1250. The van der Waals surface area contributed by atoms with Gasteiger partial charge < -0.3 is 5.11 Å². The summed E-state index contributed by atoms with van der Waals surface area (Å²) in [7, 11) is 0. The number of non-ortho nitro benzene ring substituents is 1. The third kappa shape index (κ3) is 3.12. The van der Waals surface area contributed by atoms with Crippen molar-refractivity contribution in [2.45, 2.75) is 0 Å². The van der Waals surface area contributed by atoms with Crippen molar-refractivity contribution in [1.82, 2.24) is 15.2 Å². The highest BCUT2D eigenvalue weighted by atomic mass is 79.9. The Labute approximate surface area is 166 Å². The van der Waals surface area contributed by atoms with E-state index in [2.05, 4.69) is 31.1 Å². The molecular formula is C19H11BrN4O4. The summed E-state index contributed by atoms with van der Waals surface area (Å²) < 4.78 is 0.836. The van der Waals surface area contributed by atoms with Crippen molar-refractivity contribution >= 4 is 38.6 Å². The highest BCUT2D eigenvalue weighted by Crippen LogP contribution is 2.33. The average molecular weight is 439 g/mol. The first-order chi connectivity index (χ1) is 13.4. The lowest BCUT2D eigenvalue weighted by atomic mass is 10.0. The number of carbonyl (C=O) groups is 1. The fourth-order valence-electron chi connectivity index (χ4n) is 2.97. The normalized spacial score (nSPS) is 10.9. The molecule has 0 fully saturated rings. The number of carboxylic acids is 1. The van der Waals surface area contributed by atoms with Gasteiger partial charge in [-0.3, -0.25) is 15.2 Å². The van der Waals surface area contributed by atoms with Crippen LogP contribution in [0.1, 0.15) is 10.4 Å². The maximum atomic E-state index is 11.9. The van der Waals surface area contributed by atoms with Crippen LogP contribution in [0.15, 0.2) is 59.1 Å². The number of carboxylic acid groups (broad SMARTS) is 1. The number of H-pyrrole nitrogens is 1.